The molecule has 90 valence electrons. The van der Waals surface area contributed by atoms with Gasteiger partial charge >= 0.3 is 6.36 Å². The van der Waals surface area contributed by atoms with Gasteiger partial charge in [0.25, 0.3) is 5.88 Å². The van der Waals surface area contributed by atoms with Gasteiger partial charge in [0.05, 0.1) is 7.11 Å². The van der Waals surface area contributed by atoms with Gasteiger partial charge in [0.2, 0.25) is 0 Å². The molecule has 0 saturated heterocycles. The van der Waals surface area contributed by atoms with E-state index in [1.165, 1.54) is 13.2 Å². The lowest BCUT2D eigenvalue weighted by atomic mass is 10.2. The second-order valence-electron chi connectivity index (χ2n) is 2.92. The zero-order valence-corrected chi connectivity index (χ0v) is 9.32. The summed E-state index contributed by atoms with van der Waals surface area (Å²) in [5.41, 5.74) is 0.961. The summed E-state index contributed by atoms with van der Waals surface area (Å²) in [6.07, 6.45) is -4.80. The van der Waals surface area contributed by atoms with Crippen LogP contribution in [0.1, 0.15) is 11.3 Å². The number of rotatable bonds is 3. The van der Waals surface area contributed by atoms with Gasteiger partial charge in [-0.05, 0) is 18.6 Å². The van der Waals surface area contributed by atoms with E-state index in [1.54, 1.807) is 6.92 Å². The molecule has 0 N–H and O–H groups in total. The summed E-state index contributed by atoms with van der Waals surface area (Å²) in [4.78, 5) is 3.65. The molecule has 0 aliphatic heterocycles. The Balaban J connectivity index is 3.13. The first kappa shape index (κ1) is 12.9. The van der Waals surface area contributed by atoms with E-state index in [1.807, 2.05) is 0 Å². The Hall–Kier alpha value is -1.17. The number of pyridine rings is 1. The third-order valence-corrected chi connectivity index (χ3v) is 2.11. The molecule has 1 aromatic rings. The summed E-state index contributed by atoms with van der Waals surface area (Å²) in [5, 5.41) is 0. The fourth-order valence-corrected chi connectivity index (χ4v) is 1.34. The monoisotopic (exact) mass is 255 g/mol. The fraction of sp³-hybridized carbons (Fsp3) is 0.444. The number of hydrogen-bond acceptors (Lipinski definition) is 3. The minimum Gasteiger partial charge on any atom is -0.491 e. The molecule has 0 spiro atoms. The van der Waals surface area contributed by atoms with Crippen molar-refractivity contribution < 1.29 is 22.6 Å². The Morgan fingerprint density at radius 2 is 2.06 bits per heavy atom. The minimum absolute atomic E-state index is 0.0985. The molecule has 3 nitrogen and oxygen atoms in total. The van der Waals surface area contributed by atoms with Crippen molar-refractivity contribution in [2.75, 3.05) is 7.11 Å². The SMILES string of the molecule is COc1cc(CCl)c(C)nc1OC(F)(F)F. The molecule has 0 bridgehead atoms. The molecule has 16 heavy (non-hydrogen) atoms. The number of aromatic nitrogens is 1. The van der Waals surface area contributed by atoms with Crippen molar-refractivity contribution in [3.05, 3.63) is 17.3 Å². The molecule has 1 aromatic heterocycles. The first-order valence-corrected chi connectivity index (χ1v) is 4.77. The van der Waals surface area contributed by atoms with E-state index < -0.39 is 12.2 Å². The van der Waals surface area contributed by atoms with Gasteiger partial charge in [0, 0.05) is 11.6 Å². The highest BCUT2D eigenvalue weighted by molar-refractivity contribution is 6.17. The van der Waals surface area contributed by atoms with Gasteiger partial charge in [-0.25, -0.2) is 4.98 Å². The van der Waals surface area contributed by atoms with Crippen molar-refractivity contribution in [1.82, 2.24) is 4.98 Å². The van der Waals surface area contributed by atoms with E-state index in [0.29, 0.717) is 11.3 Å². The highest BCUT2D eigenvalue weighted by atomic mass is 35.5. The fourth-order valence-electron chi connectivity index (χ4n) is 1.07. The van der Waals surface area contributed by atoms with E-state index in [2.05, 4.69) is 9.72 Å². The first-order chi connectivity index (χ1) is 7.37. The van der Waals surface area contributed by atoms with Crippen LogP contribution in [0.15, 0.2) is 6.07 Å². The maximum atomic E-state index is 12.0. The van der Waals surface area contributed by atoms with Crippen LogP contribution in [0.2, 0.25) is 0 Å². The number of hydrogen-bond donors (Lipinski definition) is 0. The molecule has 7 heteroatoms. The van der Waals surface area contributed by atoms with E-state index in [-0.39, 0.29) is 11.6 Å². The van der Waals surface area contributed by atoms with Crippen molar-refractivity contribution in [3.8, 4) is 11.6 Å². The van der Waals surface area contributed by atoms with E-state index in [0.717, 1.165) is 0 Å². The average Bonchev–Trinajstić information content (AvgIpc) is 2.16. The summed E-state index contributed by atoms with van der Waals surface area (Å²) in [6, 6.07) is 1.37. The van der Waals surface area contributed by atoms with Crippen LogP contribution in [0.25, 0.3) is 0 Å². The highest BCUT2D eigenvalue weighted by Crippen LogP contribution is 2.32. The summed E-state index contributed by atoms with van der Waals surface area (Å²) in [7, 11) is 1.23. The zero-order chi connectivity index (χ0) is 12.3. The van der Waals surface area contributed by atoms with Gasteiger partial charge in [0.15, 0.2) is 5.75 Å². The van der Waals surface area contributed by atoms with Crippen LogP contribution in [0.3, 0.4) is 0 Å². The smallest absolute Gasteiger partial charge is 0.491 e. The molecule has 0 saturated carbocycles. The van der Waals surface area contributed by atoms with Crippen LogP contribution >= 0.6 is 11.6 Å². The Morgan fingerprint density at radius 1 is 1.44 bits per heavy atom. The van der Waals surface area contributed by atoms with Crippen molar-refractivity contribution in [2.45, 2.75) is 19.2 Å². The molecule has 0 radical (unpaired) electrons. The van der Waals surface area contributed by atoms with Crippen molar-refractivity contribution in [2.24, 2.45) is 0 Å². The van der Waals surface area contributed by atoms with Crippen LogP contribution in [-0.2, 0) is 5.88 Å². The number of alkyl halides is 4. The van der Waals surface area contributed by atoms with Gasteiger partial charge in [0.1, 0.15) is 0 Å². The molecular formula is C9H9ClF3NO2. The number of aryl methyl sites for hydroxylation is 1. The molecule has 0 amide bonds. The molecular weight excluding hydrogens is 247 g/mol. The lowest BCUT2D eigenvalue weighted by Gasteiger charge is -2.13. The first-order valence-electron chi connectivity index (χ1n) is 4.23. The van der Waals surface area contributed by atoms with Gasteiger partial charge in [-0.2, -0.15) is 0 Å². The normalized spacial score (nSPS) is 11.4. The molecule has 0 atom stereocenters. The van der Waals surface area contributed by atoms with Crippen LogP contribution < -0.4 is 9.47 Å². The largest absolute Gasteiger partial charge is 0.574 e. The number of nitrogens with zero attached hydrogens (tertiary/aromatic N) is 1. The van der Waals surface area contributed by atoms with Crippen molar-refractivity contribution in [3.63, 3.8) is 0 Å². The number of methoxy groups -OCH3 is 1. The molecule has 0 aliphatic carbocycles. The molecule has 0 fully saturated rings. The summed E-state index contributed by atoms with van der Waals surface area (Å²) >= 11 is 5.59. The topological polar surface area (TPSA) is 31.4 Å². The second-order valence-corrected chi connectivity index (χ2v) is 3.19. The third kappa shape index (κ3) is 3.16. The molecule has 0 unspecified atom stereocenters. The van der Waals surface area contributed by atoms with E-state index >= 15 is 0 Å². The van der Waals surface area contributed by atoms with Crippen LogP contribution in [0.4, 0.5) is 13.2 Å². The van der Waals surface area contributed by atoms with Gasteiger partial charge < -0.3 is 9.47 Å². The van der Waals surface area contributed by atoms with Gasteiger partial charge in [-0.15, -0.1) is 24.8 Å². The van der Waals surface area contributed by atoms with E-state index in [4.69, 9.17) is 16.3 Å². The standard InChI is InChI=1S/C9H9ClF3NO2/c1-5-6(4-10)3-7(15-2)8(14-5)16-9(11,12)13/h3H,4H2,1-2H3. The van der Waals surface area contributed by atoms with Crippen molar-refractivity contribution >= 4 is 11.6 Å². The van der Waals surface area contributed by atoms with Crippen LogP contribution in [0, 0.1) is 6.92 Å². The summed E-state index contributed by atoms with van der Waals surface area (Å²) < 4.78 is 44.6. The Morgan fingerprint density at radius 3 is 2.50 bits per heavy atom. The van der Waals surface area contributed by atoms with Crippen LogP contribution in [0.5, 0.6) is 11.6 Å². The lowest BCUT2D eigenvalue weighted by molar-refractivity contribution is -0.276. The minimum atomic E-state index is -4.80. The lowest BCUT2D eigenvalue weighted by Crippen LogP contribution is -2.19. The predicted octanol–water partition coefficient (Wildman–Crippen LogP) is 3.04. The summed E-state index contributed by atoms with van der Waals surface area (Å²) in [5.74, 6) is -0.568. The summed E-state index contributed by atoms with van der Waals surface area (Å²) in [6.45, 7) is 1.54. The quantitative estimate of drug-likeness (QED) is 0.778. The maximum Gasteiger partial charge on any atom is 0.574 e. The van der Waals surface area contributed by atoms with E-state index in [9.17, 15) is 13.2 Å². The Kier molecular flexibility index (Phi) is 3.85. The highest BCUT2D eigenvalue weighted by Gasteiger charge is 2.33. The van der Waals surface area contributed by atoms with Crippen molar-refractivity contribution in [1.29, 1.82) is 0 Å². The number of ether oxygens (including phenoxy) is 2. The average molecular weight is 256 g/mol. The third-order valence-electron chi connectivity index (χ3n) is 1.83. The zero-order valence-electron chi connectivity index (χ0n) is 8.56. The number of halogens is 4. The Bertz CT molecular complexity index is 382. The van der Waals surface area contributed by atoms with Gasteiger partial charge in [-0.3, -0.25) is 0 Å². The molecule has 0 aliphatic rings. The molecule has 1 heterocycles. The predicted molar refractivity (Wildman–Crippen MR) is 51.8 cm³/mol. The van der Waals surface area contributed by atoms with Crippen LogP contribution in [-0.4, -0.2) is 18.5 Å². The Labute approximate surface area is 95.1 Å². The molecule has 0 aromatic carbocycles. The second kappa shape index (κ2) is 4.78. The van der Waals surface area contributed by atoms with Gasteiger partial charge in [-0.1, -0.05) is 0 Å². The molecule has 1 rings (SSSR count). The maximum absolute atomic E-state index is 12.0.